The minimum atomic E-state index is -4.10. The number of nitrogen functional groups attached to an aromatic ring is 1. The van der Waals surface area contributed by atoms with Crippen LogP contribution in [0.4, 0.5) is 5.95 Å². The van der Waals surface area contributed by atoms with Crippen molar-refractivity contribution in [2.75, 3.05) is 12.3 Å². The van der Waals surface area contributed by atoms with Gasteiger partial charge in [0.2, 0.25) is 5.95 Å². The first-order chi connectivity index (χ1) is 11.9. The SMILES string of the molecule is C#CCOC(=O)c1cccc2c1nc(N)n2S(=O)(=O)c1nnc(C)s1. The van der Waals surface area contributed by atoms with Crippen LogP contribution in [0.15, 0.2) is 22.5 Å². The Morgan fingerprint density at radius 1 is 1.44 bits per heavy atom. The number of aromatic nitrogens is 4. The lowest BCUT2D eigenvalue weighted by molar-refractivity contribution is 0.0559. The number of esters is 1. The summed E-state index contributed by atoms with van der Waals surface area (Å²) >= 11 is 0.904. The Hall–Kier alpha value is -2.97. The second-order valence-electron chi connectivity index (χ2n) is 4.78. The van der Waals surface area contributed by atoms with Crippen molar-refractivity contribution in [2.24, 2.45) is 0 Å². The van der Waals surface area contributed by atoms with E-state index in [0.717, 1.165) is 15.3 Å². The number of carbonyl (C=O) groups is 1. The van der Waals surface area contributed by atoms with E-state index in [2.05, 4.69) is 21.1 Å². The number of imidazole rings is 1. The van der Waals surface area contributed by atoms with E-state index in [-0.39, 0.29) is 33.5 Å². The van der Waals surface area contributed by atoms with E-state index in [1.807, 2.05) is 0 Å². The van der Waals surface area contributed by atoms with Crippen molar-refractivity contribution in [3.8, 4) is 12.3 Å². The van der Waals surface area contributed by atoms with Gasteiger partial charge in [0, 0.05) is 0 Å². The maximum absolute atomic E-state index is 12.8. The first-order valence-electron chi connectivity index (χ1n) is 6.79. The van der Waals surface area contributed by atoms with Crippen LogP contribution in [0, 0.1) is 19.3 Å². The molecule has 0 fully saturated rings. The van der Waals surface area contributed by atoms with Crippen molar-refractivity contribution in [3.63, 3.8) is 0 Å². The Kier molecular flexibility index (Phi) is 4.15. The summed E-state index contributed by atoms with van der Waals surface area (Å²) in [5.41, 5.74) is 6.07. The van der Waals surface area contributed by atoms with Crippen LogP contribution in [0.2, 0.25) is 0 Å². The highest BCUT2D eigenvalue weighted by molar-refractivity contribution is 7.92. The zero-order valence-electron chi connectivity index (χ0n) is 12.8. The van der Waals surface area contributed by atoms with Crippen LogP contribution in [0.25, 0.3) is 11.0 Å². The predicted molar refractivity (Wildman–Crippen MR) is 90.5 cm³/mol. The van der Waals surface area contributed by atoms with Gasteiger partial charge in [-0.25, -0.2) is 9.78 Å². The van der Waals surface area contributed by atoms with E-state index < -0.39 is 16.0 Å². The molecule has 0 amide bonds. The van der Waals surface area contributed by atoms with Crippen molar-refractivity contribution in [1.29, 1.82) is 0 Å². The second-order valence-corrected chi connectivity index (χ2v) is 7.92. The fraction of sp³-hybridized carbons (Fsp3) is 0.143. The number of hydrogen-bond donors (Lipinski definition) is 1. The molecule has 3 aromatic rings. The first kappa shape index (κ1) is 16.9. The highest BCUT2D eigenvalue weighted by atomic mass is 32.2. The van der Waals surface area contributed by atoms with Gasteiger partial charge >= 0.3 is 5.97 Å². The number of anilines is 1. The van der Waals surface area contributed by atoms with Crippen LogP contribution < -0.4 is 5.73 Å². The quantitative estimate of drug-likeness (QED) is 0.522. The van der Waals surface area contributed by atoms with E-state index in [1.165, 1.54) is 18.2 Å². The summed E-state index contributed by atoms with van der Waals surface area (Å²) in [7, 11) is -4.10. The molecule has 25 heavy (non-hydrogen) atoms. The van der Waals surface area contributed by atoms with Crippen LogP contribution in [0.3, 0.4) is 0 Å². The van der Waals surface area contributed by atoms with Gasteiger partial charge in [-0.1, -0.05) is 23.3 Å². The van der Waals surface area contributed by atoms with Crippen molar-refractivity contribution in [1.82, 2.24) is 19.2 Å². The van der Waals surface area contributed by atoms with E-state index in [4.69, 9.17) is 16.9 Å². The molecule has 2 N–H and O–H groups in total. The number of para-hydroxylation sites is 1. The Labute approximate surface area is 146 Å². The molecule has 0 aliphatic rings. The highest BCUT2D eigenvalue weighted by Gasteiger charge is 2.28. The molecule has 0 unspecified atom stereocenters. The third-order valence-corrected chi connectivity index (χ3v) is 6.05. The number of nitrogens with zero attached hydrogens (tertiary/aromatic N) is 4. The van der Waals surface area contributed by atoms with Gasteiger partial charge in [0.1, 0.15) is 10.5 Å². The van der Waals surface area contributed by atoms with E-state index in [0.29, 0.717) is 5.01 Å². The Morgan fingerprint density at radius 2 is 2.20 bits per heavy atom. The largest absolute Gasteiger partial charge is 0.449 e. The fourth-order valence-corrected chi connectivity index (χ4v) is 4.58. The van der Waals surface area contributed by atoms with Gasteiger partial charge in [-0.3, -0.25) is 0 Å². The van der Waals surface area contributed by atoms with Gasteiger partial charge in [0.25, 0.3) is 14.4 Å². The summed E-state index contributed by atoms with van der Waals surface area (Å²) in [6.07, 6.45) is 5.06. The lowest BCUT2D eigenvalue weighted by atomic mass is 10.2. The minimum absolute atomic E-state index is 0.0573. The third-order valence-electron chi connectivity index (χ3n) is 3.14. The van der Waals surface area contributed by atoms with Crippen LogP contribution in [0.5, 0.6) is 0 Å². The molecule has 0 aliphatic carbocycles. The summed E-state index contributed by atoms with van der Waals surface area (Å²) in [5, 5.41) is 7.84. The fourth-order valence-electron chi connectivity index (χ4n) is 2.16. The number of carbonyl (C=O) groups excluding carboxylic acids is 1. The molecule has 11 heteroatoms. The van der Waals surface area contributed by atoms with E-state index >= 15 is 0 Å². The van der Waals surface area contributed by atoms with Crippen LogP contribution in [0.1, 0.15) is 15.4 Å². The minimum Gasteiger partial charge on any atom is -0.449 e. The number of aryl methyl sites for hydroxylation is 1. The number of ether oxygens (including phenoxy) is 1. The molecule has 3 rings (SSSR count). The van der Waals surface area contributed by atoms with Crippen molar-refractivity contribution < 1.29 is 17.9 Å². The molecule has 1 aromatic carbocycles. The number of fused-ring (bicyclic) bond motifs is 1. The third kappa shape index (κ3) is 2.81. The standard InChI is InChI=1S/C14H11N5O4S2/c1-3-7-23-12(20)9-5-4-6-10-11(9)16-13(15)19(10)25(21,22)14-18-17-8(2)24-14/h1,4-6H,7H2,2H3,(H2,15,16). The highest BCUT2D eigenvalue weighted by Crippen LogP contribution is 2.28. The maximum Gasteiger partial charge on any atom is 0.341 e. The summed E-state index contributed by atoms with van der Waals surface area (Å²) in [5.74, 6) is 1.15. The number of hydrogen-bond acceptors (Lipinski definition) is 9. The zero-order valence-corrected chi connectivity index (χ0v) is 14.5. The molecule has 128 valence electrons. The normalized spacial score (nSPS) is 11.4. The summed E-state index contributed by atoms with van der Waals surface area (Å²) in [6.45, 7) is 1.42. The van der Waals surface area contributed by atoms with Crippen molar-refractivity contribution in [2.45, 2.75) is 11.3 Å². The maximum atomic E-state index is 12.8. The average Bonchev–Trinajstić information content (AvgIpc) is 3.15. The number of rotatable bonds is 4. The molecule has 0 spiro atoms. The molecule has 0 radical (unpaired) electrons. The monoisotopic (exact) mass is 377 g/mol. The Morgan fingerprint density at radius 3 is 2.84 bits per heavy atom. The number of benzene rings is 1. The molecule has 0 saturated carbocycles. The average molecular weight is 377 g/mol. The molecule has 2 heterocycles. The van der Waals surface area contributed by atoms with Crippen molar-refractivity contribution >= 4 is 44.3 Å². The Balaban J connectivity index is 2.20. The zero-order chi connectivity index (χ0) is 18.2. The van der Waals surface area contributed by atoms with E-state index in [9.17, 15) is 13.2 Å². The van der Waals surface area contributed by atoms with Gasteiger partial charge in [0.05, 0.1) is 11.1 Å². The predicted octanol–water partition coefficient (Wildman–Crippen LogP) is 0.805. The van der Waals surface area contributed by atoms with Crippen molar-refractivity contribution in [3.05, 3.63) is 28.8 Å². The van der Waals surface area contributed by atoms with Crippen LogP contribution in [-0.2, 0) is 14.8 Å². The molecular weight excluding hydrogens is 366 g/mol. The molecule has 0 bridgehead atoms. The van der Waals surface area contributed by atoms with Gasteiger partial charge in [0.15, 0.2) is 6.61 Å². The van der Waals surface area contributed by atoms with Gasteiger partial charge in [-0.15, -0.1) is 16.6 Å². The summed E-state index contributed by atoms with van der Waals surface area (Å²) < 4.78 is 31.1. The smallest absolute Gasteiger partial charge is 0.341 e. The lowest BCUT2D eigenvalue weighted by Gasteiger charge is -2.05. The Bertz CT molecular complexity index is 1120. The summed E-state index contributed by atoms with van der Waals surface area (Å²) in [4.78, 5) is 16.1. The molecule has 0 aliphatic heterocycles. The molecule has 0 saturated heterocycles. The van der Waals surface area contributed by atoms with Gasteiger partial charge in [-0.05, 0) is 19.1 Å². The number of terminal acetylenes is 1. The lowest BCUT2D eigenvalue weighted by Crippen LogP contribution is -2.15. The molecule has 0 atom stereocenters. The summed E-state index contributed by atoms with van der Waals surface area (Å²) in [6, 6.07) is 4.41. The van der Waals surface area contributed by atoms with Gasteiger partial charge < -0.3 is 10.5 Å². The van der Waals surface area contributed by atoms with Crippen LogP contribution >= 0.6 is 11.3 Å². The second kappa shape index (κ2) is 6.15. The van der Waals surface area contributed by atoms with Crippen LogP contribution in [-0.4, -0.2) is 40.1 Å². The number of nitrogens with two attached hydrogens (primary N) is 1. The van der Waals surface area contributed by atoms with Gasteiger partial charge in [-0.2, -0.15) is 12.4 Å². The molecular formula is C14H11N5O4S2. The molecule has 9 nitrogen and oxygen atoms in total. The topological polar surface area (TPSA) is 130 Å². The first-order valence-corrected chi connectivity index (χ1v) is 9.05. The van der Waals surface area contributed by atoms with E-state index in [1.54, 1.807) is 6.92 Å². The molecule has 2 aromatic heterocycles.